The van der Waals surface area contributed by atoms with Gasteiger partial charge in [0.1, 0.15) is 23.5 Å². The largest absolute Gasteiger partial charge is 0.485 e. The first kappa shape index (κ1) is 21.9. The SMILES string of the molecule is CC1(C)Oc2ccc(C#N)cc2[C@H](N=C(NC#N)Nc2ccc(C(F)(F)F)cc2)[C@H]1O. The fourth-order valence-electron chi connectivity index (χ4n) is 3.14. The number of halogens is 3. The highest BCUT2D eigenvalue weighted by Crippen LogP contribution is 2.42. The van der Waals surface area contributed by atoms with E-state index in [1.807, 2.05) is 6.07 Å². The van der Waals surface area contributed by atoms with Gasteiger partial charge in [-0.3, -0.25) is 5.32 Å². The van der Waals surface area contributed by atoms with Crippen molar-refractivity contribution in [1.82, 2.24) is 5.32 Å². The number of hydrogen-bond donors (Lipinski definition) is 3. The molecule has 0 spiro atoms. The van der Waals surface area contributed by atoms with Crippen LogP contribution in [0.3, 0.4) is 0 Å². The van der Waals surface area contributed by atoms with Crippen molar-refractivity contribution < 1.29 is 23.0 Å². The molecule has 0 unspecified atom stereocenters. The van der Waals surface area contributed by atoms with Crippen LogP contribution in [0.25, 0.3) is 0 Å². The number of aliphatic imine (C=N–C) groups is 1. The molecule has 0 saturated carbocycles. The minimum Gasteiger partial charge on any atom is -0.485 e. The fraction of sp³-hybridized carbons (Fsp3) is 0.286. The summed E-state index contributed by atoms with van der Waals surface area (Å²) in [7, 11) is 0. The van der Waals surface area contributed by atoms with Gasteiger partial charge in [-0.25, -0.2) is 4.99 Å². The van der Waals surface area contributed by atoms with E-state index in [9.17, 15) is 23.5 Å². The van der Waals surface area contributed by atoms with Crippen LogP contribution in [0.1, 0.15) is 36.6 Å². The third kappa shape index (κ3) is 4.71. The van der Waals surface area contributed by atoms with Crippen LogP contribution in [0.4, 0.5) is 18.9 Å². The Labute approximate surface area is 176 Å². The van der Waals surface area contributed by atoms with Crippen molar-refractivity contribution in [3.8, 4) is 18.0 Å². The summed E-state index contributed by atoms with van der Waals surface area (Å²) in [6, 6.07) is 9.99. The highest BCUT2D eigenvalue weighted by atomic mass is 19.4. The molecule has 0 amide bonds. The number of nitrogens with one attached hydrogen (secondary N) is 2. The van der Waals surface area contributed by atoms with Crippen LogP contribution in [-0.4, -0.2) is 22.8 Å². The molecule has 7 nitrogen and oxygen atoms in total. The Morgan fingerprint density at radius 2 is 1.84 bits per heavy atom. The summed E-state index contributed by atoms with van der Waals surface area (Å²) < 4.78 is 44.1. The van der Waals surface area contributed by atoms with Crippen molar-refractivity contribution in [3.63, 3.8) is 0 Å². The maximum absolute atomic E-state index is 12.8. The minimum absolute atomic E-state index is 0.0858. The van der Waals surface area contributed by atoms with E-state index >= 15 is 0 Å². The van der Waals surface area contributed by atoms with Gasteiger partial charge in [0, 0.05) is 11.3 Å². The molecule has 10 heteroatoms. The standard InChI is InChI=1S/C21H18F3N5O2/c1-20(2)18(30)17(15-9-12(10-25)3-8-16(15)31-20)29-19(27-11-26)28-14-6-4-13(5-7-14)21(22,23)24/h3-9,17-18,30H,1-2H3,(H2,27,28,29)/t17-,18+/m0/s1. The van der Waals surface area contributed by atoms with Crippen LogP contribution < -0.4 is 15.4 Å². The summed E-state index contributed by atoms with van der Waals surface area (Å²) in [5.41, 5.74) is -0.815. The number of aliphatic hydroxyl groups excluding tert-OH is 1. The van der Waals surface area contributed by atoms with Gasteiger partial charge in [0.2, 0.25) is 5.96 Å². The van der Waals surface area contributed by atoms with E-state index in [1.54, 1.807) is 32.2 Å². The van der Waals surface area contributed by atoms with E-state index in [0.29, 0.717) is 16.9 Å². The second-order valence-electron chi connectivity index (χ2n) is 7.37. The van der Waals surface area contributed by atoms with E-state index in [-0.39, 0.29) is 11.6 Å². The number of benzene rings is 2. The summed E-state index contributed by atoms with van der Waals surface area (Å²) in [5, 5.41) is 34.2. The van der Waals surface area contributed by atoms with Gasteiger partial charge in [-0.1, -0.05) is 0 Å². The van der Waals surface area contributed by atoms with Gasteiger partial charge < -0.3 is 15.2 Å². The predicted molar refractivity (Wildman–Crippen MR) is 106 cm³/mol. The van der Waals surface area contributed by atoms with E-state index < -0.39 is 29.5 Å². The van der Waals surface area contributed by atoms with Crippen LogP contribution in [-0.2, 0) is 6.18 Å². The van der Waals surface area contributed by atoms with E-state index in [2.05, 4.69) is 15.6 Å². The zero-order chi connectivity index (χ0) is 22.8. The number of alkyl halides is 3. The van der Waals surface area contributed by atoms with Crippen molar-refractivity contribution >= 4 is 11.6 Å². The Morgan fingerprint density at radius 1 is 1.16 bits per heavy atom. The number of fused-ring (bicyclic) bond motifs is 1. The quantitative estimate of drug-likeness (QED) is 0.290. The van der Waals surface area contributed by atoms with Gasteiger partial charge in [0.15, 0.2) is 6.19 Å². The Bertz CT molecular complexity index is 1080. The topological polar surface area (TPSA) is 113 Å². The van der Waals surface area contributed by atoms with E-state index in [4.69, 9.17) is 10.00 Å². The summed E-state index contributed by atoms with van der Waals surface area (Å²) in [4.78, 5) is 4.40. The van der Waals surface area contributed by atoms with Gasteiger partial charge >= 0.3 is 6.18 Å². The second kappa shape index (κ2) is 8.17. The number of nitriles is 2. The lowest BCUT2D eigenvalue weighted by Crippen LogP contribution is -2.49. The molecule has 1 aliphatic rings. The third-order valence-electron chi connectivity index (χ3n) is 4.76. The van der Waals surface area contributed by atoms with Crippen molar-refractivity contribution in [3.05, 3.63) is 59.2 Å². The number of hydrogen-bond acceptors (Lipinski definition) is 5. The molecular formula is C21H18F3N5O2. The van der Waals surface area contributed by atoms with Gasteiger partial charge in [-0.15, -0.1) is 0 Å². The minimum atomic E-state index is -4.47. The first-order valence-electron chi connectivity index (χ1n) is 9.13. The zero-order valence-electron chi connectivity index (χ0n) is 16.5. The molecule has 3 rings (SSSR count). The molecule has 0 aromatic heterocycles. The van der Waals surface area contributed by atoms with Crippen molar-refractivity contribution in [2.75, 3.05) is 5.32 Å². The number of nitrogens with zero attached hydrogens (tertiary/aromatic N) is 3. The normalized spacial score (nSPS) is 19.9. The fourth-order valence-corrected chi connectivity index (χ4v) is 3.14. The van der Waals surface area contributed by atoms with Crippen molar-refractivity contribution in [1.29, 1.82) is 10.5 Å². The second-order valence-corrected chi connectivity index (χ2v) is 7.37. The van der Waals surface area contributed by atoms with Crippen LogP contribution in [0, 0.1) is 22.8 Å². The van der Waals surface area contributed by atoms with Gasteiger partial charge in [-0.2, -0.15) is 23.7 Å². The smallest absolute Gasteiger partial charge is 0.416 e. The lowest BCUT2D eigenvalue weighted by atomic mass is 9.86. The average molecular weight is 429 g/mol. The molecule has 0 fully saturated rings. The average Bonchev–Trinajstić information content (AvgIpc) is 2.71. The predicted octanol–water partition coefficient (Wildman–Crippen LogP) is 3.69. The van der Waals surface area contributed by atoms with Gasteiger partial charge in [0.05, 0.1) is 17.2 Å². The van der Waals surface area contributed by atoms with E-state index in [1.165, 1.54) is 18.2 Å². The molecule has 0 aliphatic carbocycles. The molecule has 1 heterocycles. The van der Waals surface area contributed by atoms with Crippen LogP contribution in [0.15, 0.2) is 47.5 Å². The molecule has 160 valence electrons. The Balaban J connectivity index is 1.99. The Kier molecular flexibility index (Phi) is 5.78. The summed E-state index contributed by atoms with van der Waals surface area (Å²) in [6.07, 6.45) is -3.91. The molecule has 1 aliphatic heterocycles. The first-order chi connectivity index (χ1) is 14.5. The molecule has 2 aromatic rings. The molecule has 0 bridgehead atoms. The Morgan fingerprint density at radius 3 is 2.42 bits per heavy atom. The van der Waals surface area contributed by atoms with Gasteiger partial charge in [-0.05, 0) is 56.3 Å². The highest BCUT2D eigenvalue weighted by Gasteiger charge is 2.43. The Hall–Kier alpha value is -3.76. The van der Waals surface area contributed by atoms with Crippen molar-refractivity contribution in [2.45, 2.75) is 37.8 Å². The summed E-state index contributed by atoms with van der Waals surface area (Å²) in [6.45, 7) is 3.34. The first-order valence-corrected chi connectivity index (χ1v) is 9.13. The van der Waals surface area contributed by atoms with E-state index in [0.717, 1.165) is 12.1 Å². The third-order valence-corrected chi connectivity index (χ3v) is 4.76. The maximum Gasteiger partial charge on any atom is 0.416 e. The number of anilines is 1. The molecule has 2 atom stereocenters. The lowest BCUT2D eigenvalue weighted by Gasteiger charge is -2.40. The molecule has 0 saturated heterocycles. The number of aliphatic hydroxyl groups is 1. The van der Waals surface area contributed by atoms with Crippen molar-refractivity contribution in [2.24, 2.45) is 4.99 Å². The molecule has 0 radical (unpaired) electrons. The number of ether oxygens (including phenoxy) is 1. The zero-order valence-corrected chi connectivity index (χ0v) is 16.5. The van der Waals surface area contributed by atoms with Crippen LogP contribution >= 0.6 is 0 Å². The molecule has 31 heavy (non-hydrogen) atoms. The lowest BCUT2D eigenvalue weighted by molar-refractivity contribution is -0.137. The van der Waals surface area contributed by atoms with Crippen LogP contribution in [0.2, 0.25) is 0 Å². The molecule has 2 aromatic carbocycles. The summed E-state index contributed by atoms with van der Waals surface area (Å²) >= 11 is 0. The molecule has 3 N–H and O–H groups in total. The highest BCUT2D eigenvalue weighted by molar-refractivity contribution is 5.94. The summed E-state index contributed by atoms with van der Waals surface area (Å²) in [5.74, 6) is 0.339. The maximum atomic E-state index is 12.8. The number of rotatable bonds is 2. The molecular weight excluding hydrogens is 411 g/mol. The monoisotopic (exact) mass is 429 g/mol. The van der Waals surface area contributed by atoms with Gasteiger partial charge in [0.25, 0.3) is 0 Å². The number of guanidine groups is 1. The van der Waals surface area contributed by atoms with Crippen LogP contribution in [0.5, 0.6) is 5.75 Å².